The molecule has 1 saturated carbocycles. The smallest absolute Gasteiger partial charge is 0.192 e. The summed E-state index contributed by atoms with van der Waals surface area (Å²) in [7, 11) is -1.94. The number of Topliss-reactive ketones (excluding diaryl/α,β-unsaturated/α-hetero) is 1. The maximum Gasteiger partial charge on any atom is 0.192 e. The van der Waals surface area contributed by atoms with Crippen LogP contribution in [0.4, 0.5) is 0 Å². The summed E-state index contributed by atoms with van der Waals surface area (Å²) < 4.78 is 18.7. The molecule has 1 aliphatic heterocycles. The zero-order valence-electron chi connectivity index (χ0n) is 19.2. The summed E-state index contributed by atoms with van der Waals surface area (Å²) in [5, 5.41) is 0.143. The molecule has 0 aromatic carbocycles. The van der Waals surface area contributed by atoms with Gasteiger partial charge in [0.25, 0.3) is 0 Å². The third kappa shape index (κ3) is 4.05. The second kappa shape index (κ2) is 7.04. The standard InChI is InChI=1S/C23H40O4Si/c1-20(2,3)28(7,8)27-19-9-10-22(6)11-12-23(25-13-14-26-23)15-17(22)18(24)16-21(19,4)5/h9-10,17,19H,11-16H2,1-8H3/b10-9-/t17-,19-,22+/m0/s1. The number of ketones is 1. The molecular weight excluding hydrogens is 368 g/mol. The van der Waals surface area contributed by atoms with Crippen LogP contribution in [0.5, 0.6) is 0 Å². The van der Waals surface area contributed by atoms with Gasteiger partial charge in [0, 0.05) is 30.6 Å². The molecule has 0 aromatic rings. The van der Waals surface area contributed by atoms with Crippen LogP contribution in [0.1, 0.15) is 67.2 Å². The molecule has 3 aliphatic rings. The van der Waals surface area contributed by atoms with Gasteiger partial charge in [-0.15, -0.1) is 0 Å². The van der Waals surface area contributed by atoms with Crippen molar-refractivity contribution in [1.82, 2.24) is 0 Å². The first-order chi connectivity index (χ1) is 12.7. The Morgan fingerprint density at radius 3 is 2.29 bits per heavy atom. The minimum absolute atomic E-state index is 0.0371. The summed E-state index contributed by atoms with van der Waals surface area (Å²) in [6.45, 7) is 19.3. The quantitative estimate of drug-likeness (QED) is 0.448. The van der Waals surface area contributed by atoms with Gasteiger partial charge in [-0.25, -0.2) is 0 Å². The summed E-state index contributed by atoms with van der Waals surface area (Å²) >= 11 is 0. The van der Waals surface area contributed by atoms with E-state index in [1.54, 1.807) is 0 Å². The summed E-state index contributed by atoms with van der Waals surface area (Å²) in [6, 6.07) is 0. The van der Waals surface area contributed by atoms with Gasteiger partial charge in [-0.2, -0.15) is 0 Å². The van der Waals surface area contributed by atoms with E-state index < -0.39 is 14.1 Å². The van der Waals surface area contributed by atoms with Crippen molar-refractivity contribution in [2.75, 3.05) is 13.2 Å². The van der Waals surface area contributed by atoms with Crippen LogP contribution in [-0.2, 0) is 18.7 Å². The molecule has 160 valence electrons. The molecule has 0 aromatic heterocycles. The highest BCUT2D eigenvalue weighted by Crippen LogP contribution is 2.52. The van der Waals surface area contributed by atoms with E-state index in [2.05, 4.69) is 66.8 Å². The molecule has 0 N–H and O–H groups in total. The highest BCUT2D eigenvalue weighted by molar-refractivity contribution is 6.74. The molecule has 2 fully saturated rings. The summed E-state index contributed by atoms with van der Waals surface area (Å²) in [6.07, 6.45) is 7.50. The fourth-order valence-electron chi connectivity index (χ4n) is 4.65. The molecule has 0 bridgehead atoms. The van der Waals surface area contributed by atoms with E-state index in [0.717, 1.165) is 12.8 Å². The minimum atomic E-state index is -1.94. The fourth-order valence-corrected chi connectivity index (χ4v) is 6.04. The largest absolute Gasteiger partial charge is 0.410 e. The van der Waals surface area contributed by atoms with Crippen molar-refractivity contribution in [1.29, 1.82) is 0 Å². The number of fused-ring (bicyclic) bond motifs is 1. The van der Waals surface area contributed by atoms with Gasteiger partial charge in [-0.3, -0.25) is 4.79 Å². The van der Waals surface area contributed by atoms with Crippen LogP contribution < -0.4 is 0 Å². The average molecular weight is 409 g/mol. The van der Waals surface area contributed by atoms with Crippen LogP contribution in [0.2, 0.25) is 18.1 Å². The van der Waals surface area contributed by atoms with E-state index in [-0.39, 0.29) is 27.9 Å². The zero-order valence-corrected chi connectivity index (χ0v) is 20.2. The van der Waals surface area contributed by atoms with Crippen molar-refractivity contribution in [3.05, 3.63) is 12.2 Å². The molecule has 3 rings (SSSR count). The Balaban J connectivity index is 1.90. The van der Waals surface area contributed by atoms with Crippen LogP contribution in [0, 0.1) is 16.7 Å². The van der Waals surface area contributed by atoms with E-state index >= 15 is 0 Å². The average Bonchev–Trinajstić information content (AvgIpc) is 3.00. The van der Waals surface area contributed by atoms with Crippen molar-refractivity contribution in [2.45, 2.75) is 97.2 Å². The van der Waals surface area contributed by atoms with Gasteiger partial charge in [-0.05, 0) is 30.0 Å². The van der Waals surface area contributed by atoms with Crippen molar-refractivity contribution in [3.8, 4) is 0 Å². The van der Waals surface area contributed by atoms with Gasteiger partial charge in [0.05, 0.1) is 19.3 Å². The Bertz CT molecular complexity index is 639. The summed E-state index contributed by atoms with van der Waals surface area (Å²) in [5.74, 6) is -0.254. The molecule has 2 aliphatic carbocycles. The number of rotatable bonds is 2. The van der Waals surface area contributed by atoms with Crippen LogP contribution in [0.3, 0.4) is 0 Å². The van der Waals surface area contributed by atoms with Gasteiger partial charge < -0.3 is 13.9 Å². The number of hydrogen-bond donors (Lipinski definition) is 0. The van der Waals surface area contributed by atoms with Crippen LogP contribution >= 0.6 is 0 Å². The first-order valence-electron chi connectivity index (χ1n) is 10.9. The monoisotopic (exact) mass is 408 g/mol. The van der Waals surface area contributed by atoms with Gasteiger partial charge in [0.1, 0.15) is 5.78 Å². The third-order valence-corrected chi connectivity index (χ3v) is 12.3. The van der Waals surface area contributed by atoms with Gasteiger partial charge in [0.15, 0.2) is 14.1 Å². The molecule has 28 heavy (non-hydrogen) atoms. The highest BCUT2D eigenvalue weighted by atomic mass is 28.4. The SMILES string of the molecule is CC1(C)CC(=O)[C@@H]2CC3(CC[C@@]2(C)/C=C\[C@@H]1O[Si](C)(C)C(C)(C)C)OCCO3. The number of ether oxygens (including phenoxy) is 2. The van der Waals surface area contributed by atoms with Crippen LogP contribution in [0.25, 0.3) is 0 Å². The molecule has 4 nitrogen and oxygen atoms in total. The van der Waals surface area contributed by atoms with Crippen molar-refractivity contribution in [2.24, 2.45) is 16.7 Å². The first kappa shape index (κ1) is 22.2. The van der Waals surface area contributed by atoms with E-state index in [4.69, 9.17) is 13.9 Å². The van der Waals surface area contributed by atoms with Gasteiger partial charge in [-0.1, -0.05) is 53.7 Å². The summed E-state index contributed by atoms with van der Waals surface area (Å²) in [5.41, 5.74) is -0.379. The lowest BCUT2D eigenvalue weighted by molar-refractivity contribution is -0.202. The predicted molar refractivity (Wildman–Crippen MR) is 115 cm³/mol. The maximum absolute atomic E-state index is 13.5. The molecule has 0 radical (unpaired) electrons. The van der Waals surface area contributed by atoms with E-state index in [9.17, 15) is 4.79 Å². The Labute approximate surface area is 172 Å². The van der Waals surface area contributed by atoms with E-state index in [0.29, 0.717) is 31.8 Å². The first-order valence-corrected chi connectivity index (χ1v) is 13.8. The third-order valence-electron chi connectivity index (χ3n) is 7.84. The molecule has 3 atom stereocenters. The second-order valence-corrected chi connectivity index (χ2v) is 16.4. The Morgan fingerprint density at radius 1 is 1.11 bits per heavy atom. The number of hydrogen-bond acceptors (Lipinski definition) is 4. The number of allylic oxidation sites excluding steroid dienone is 1. The lowest BCUT2D eigenvalue weighted by atomic mass is 9.60. The number of carbonyl (C=O) groups excluding carboxylic acids is 1. The van der Waals surface area contributed by atoms with Crippen molar-refractivity contribution >= 4 is 14.1 Å². The topological polar surface area (TPSA) is 44.8 Å². The van der Waals surface area contributed by atoms with Crippen molar-refractivity contribution in [3.63, 3.8) is 0 Å². The zero-order chi connectivity index (χ0) is 21.0. The van der Waals surface area contributed by atoms with Crippen molar-refractivity contribution < 1.29 is 18.7 Å². The number of carbonyl (C=O) groups is 1. The molecule has 1 heterocycles. The lowest BCUT2D eigenvalue weighted by Gasteiger charge is -2.49. The van der Waals surface area contributed by atoms with Gasteiger partial charge >= 0.3 is 0 Å². The lowest BCUT2D eigenvalue weighted by Crippen LogP contribution is -2.51. The molecule has 0 amide bonds. The second-order valence-electron chi connectivity index (χ2n) is 11.7. The molecule has 1 spiro atoms. The Kier molecular flexibility index (Phi) is 5.58. The maximum atomic E-state index is 13.5. The van der Waals surface area contributed by atoms with Crippen LogP contribution in [0.15, 0.2) is 12.2 Å². The Hall–Kier alpha value is -0.493. The predicted octanol–water partition coefficient (Wildman–Crippen LogP) is 5.48. The Morgan fingerprint density at radius 2 is 1.71 bits per heavy atom. The van der Waals surface area contributed by atoms with E-state index in [1.165, 1.54) is 0 Å². The molecule has 0 unspecified atom stereocenters. The normalized spacial score (nSPS) is 36.6. The van der Waals surface area contributed by atoms with Crippen LogP contribution in [-0.4, -0.2) is 39.2 Å². The molecule has 1 saturated heterocycles. The highest BCUT2D eigenvalue weighted by Gasteiger charge is 2.53. The van der Waals surface area contributed by atoms with Gasteiger partial charge in [0.2, 0.25) is 0 Å². The summed E-state index contributed by atoms with van der Waals surface area (Å²) in [4.78, 5) is 13.5. The van der Waals surface area contributed by atoms with E-state index in [1.807, 2.05) is 0 Å². The molecular formula is C23H40O4Si. The molecule has 5 heteroatoms. The fraction of sp³-hybridized carbons (Fsp3) is 0.870. The minimum Gasteiger partial charge on any atom is -0.410 e.